The van der Waals surface area contributed by atoms with Gasteiger partial charge in [-0.1, -0.05) is 0 Å². The number of halogens is 1. The molecule has 6 nitrogen and oxygen atoms in total. The normalized spacial score (nSPS) is 19.6. The zero-order valence-corrected chi connectivity index (χ0v) is 10.9. The lowest BCUT2D eigenvalue weighted by Gasteiger charge is -2.21. The van der Waals surface area contributed by atoms with Crippen LogP contribution in [-0.4, -0.2) is 46.0 Å². The fraction of sp³-hybridized carbons (Fsp3) is 0.462. The third-order valence-corrected chi connectivity index (χ3v) is 3.08. The Morgan fingerprint density at radius 1 is 1.50 bits per heavy atom. The van der Waals surface area contributed by atoms with Crippen LogP contribution < -0.4 is 5.32 Å². The van der Waals surface area contributed by atoms with Crippen molar-refractivity contribution in [2.45, 2.75) is 25.4 Å². The molecule has 0 bridgehead atoms. The fourth-order valence-corrected chi connectivity index (χ4v) is 2.10. The maximum Gasteiger partial charge on any atom is 0.251 e. The van der Waals surface area contributed by atoms with E-state index >= 15 is 0 Å². The van der Waals surface area contributed by atoms with Crippen LogP contribution in [0.2, 0.25) is 0 Å². The molecule has 1 aliphatic rings. The van der Waals surface area contributed by atoms with Gasteiger partial charge in [0, 0.05) is 12.6 Å². The predicted molar refractivity (Wildman–Crippen MR) is 69.3 cm³/mol. The first-order valence-electron chi connectivity index (χ1n) is 6.43. The molecule has 0 aromatic carbocycles. The molecule has 20 heavy (non-hydrogen) atoms. The first kappa shape index (κ1) is 14.4. The number of carbonyl (C=O) groups excluding carboxylic acids is 2. The Hall–Kier alpha value is -2.02. The van der Waals surface area contributed by atoms with Gasteiger partial charge in [0.25, 0.3) is 5.91 Å². The molecule has 2 heterocycles. The van der Waals surface area contributed by atoms with E-state index < -0.39 is 23.7 Å². The number of hydrogen-bond acceptors (Lipinski definition) is 4. The van der Waals surface area contributed by atoms with Gasteiger partial charge in [0.15, 0.2) is 0 Å². The van der Waals surface area contributed by atoms with E-state index in [-0.39, 0.29) is 12.2 Å². The molecule has 1 atom stereocenters. The molecule has 2 amide bonds. The summed E-state index contributed by atoms with van der Waals surface area (Å²) in [6.45, 7) is 0.275. The Morgan fingerprint density at radius 3 is 3.05 bits per heavy atom. The summed E-state index contributed by atoms with van der Waals surface area (Å²) >= 11 is 0. The maximum atomic E-state index is 12.9. The van der Waals surface area contributed by atoms with Gasteiger partial charge in [0.05, 0.1) is 24.6 Å². The molecule has 1 unspecified atom stereocenters. The average Bonchev–Trinajstić information content (AvgIpc) is 2.54. The third-order valence-electron chi connectivity index (χ3n) is 3.08. The minimum Gasteiger partial charge on any atom is -0.383 e. The summed E-state index contributed by atoms with van der Waals surface area (Å²) in [6, 6.07) is 1.14. The van der Waals surface area contributed by atoms with Crippen molar-refractivity contribution in [2.75, 3.05) is 18.4 Å². The second-order valence-corrected chi connectivity index (χ2v) is 4.71. The number of rotatable bonds is 3. The second kappa shape index (κ2) is 6.42. The summed E-state index contributed by atoms with van der Waals surface area (Å²) in [4.78, 5) is 28.6. The highest BCUT2D eigenvalue weighted by molar-refractivity contribution is 5.95. The molecule has 108 valence electrons. The van der Waals surface area contributed by atoms with Gasteiger partial charge in [0.2, 0.25) is 5.91 Å². The number of aliphatic hydroxyl groups is 1. The molecule has 2 rings (SSSR count). The number of carbonyl (C=O) groups is 2. The predicted octanol–water partition coefficient (Wildman–Crippen LogP) is 0.533. The number of hydrogen-bond donors (Lipinski definition) is 2. The standard InChI is InChI=1S/C13H16FN3O3/c14-9-5-10(7-15-6-9)16-12(19)8-17-4-2-1-3-11(18)13(17)20/h5-7,11,18H,1-4,8H2,(H,16,19). The number of aliphatic hydroxyl groups excluding tert-OH is 1. The van der Waals surface area contributed by atoms with Crippen LogP contribution in [0.3, 0.4) is 0 Å². The van der Waals surface area contributed by atoms with Crippen molar-refractivity contribution in [3.63, 3.8) is 0 Å². The molecule has 7 heteroatoms. The van der Waals surface area contributed by atoms with Crippen molar-refractivity contribution in [1.82, 2.24) is 9.88 Å². The Balaban J connectivity index is 1.95. The van der Waals surface area contributed by atoms with Crippen LogP contribution in [0, 0.1) is 5.82 Å². The average molecular weight is 281 g/mol. The number of pyridine rings is 1. The number of aromatic nitrogens is 1. The lowest BCUT2D eigenvalue weighted by molar-refractivity contribution is -0.141. The second-order valence-electron chi connectivity index (χ2n) is 4.71. The van der Waals surface area contributed by atoms with Crippen molar-refractivity contribution in [3.05, 3.63) is 24.3 Å². The Labute approximate surface area is 115 Å². The van der Waals surface area contributed by atoms with E-state index in [9.17, 15) is 19.1 Å². The largest absolute Gasteiger partial charge is 0.383 e. The molecule has 1 aromatic rings. The zero-order chi connectivity index (χ0) is 14.5. The first-order valence-corrected chi connectivity index (χ1v) is 6.43. The van der Waals surface area contributed by atoms with E-state index in [2.05, 4.69) is 10.3 Å². The molecule has 0 saturated carbocycles. The minimum absolute atomic E-state index is 0.160. The van der Waals surface area contributed by atoms with E-state index in [1.54, 1.807) is 0 Å². The highest BCUT2D eigenvalue weighted by Gasteiger charge is 2.26. The van der Waals surface area contributed by atoms with E-state index in [0.29, 0.717) is 13.0 Å². The topological polar surface area (TPSA) is 82.5 Å². The van der Waals surface area contributed by atoms with Crippen molar-refractivity contribution >= 4 is 17.5 Å². The van der Waals surface area contributed by atoms with Crippen LogP contribution in [0.25, 0.3) is 0 Å². The lowest BCUT2D eigenvalue weighted by atomic mass is 10.2. The highest BCUT2D eigenvalue weighted by Crippen LogP contribution is 2.12. The van der Waals surface area contributed by atoms with Gasteiger partial charge >= 0.3 is 0 Å². The van der Waals surface area contributed by atoms with Gasteiger partial charge in [-0.15, -0.1) is 0 Å². The maximum absolute atomic E-state index is 12.9. The van der Waals surface area contributed by atoms with Gasteiger partial charge in [0.1, 0.15) is 11.9 Å². The van der Waals surface area contributed by atoms with E-state index in [4.69, 9.17) is 0 Å². The molecule has 0 radical (unpaired) electrons. The van der Waals surface area contributed by atoms with Crippen molar-refractivity contribution in [1.29, 1.82) is 0 Å². The van der Waals surface area contributed by atoms with Gasteiger partial charge in [-0.05, 0) is 19.3 Å². The number of nitrogens with one attached hydrogen (secondary N) is 1. The molecular formula is C13H16FN3O3. The quantitative estimate of drug-likeness (QED) is 0.847. The molecule has 0 spiro atoms. The van der Waals surface area contributed by atoms with Crippen molar-refractivity contribution in [3.8, 4) is 0 Å². The molecule has 1 saturated heterocycles. The Kier molecular flexibility index (Phi) is 4.62. The number of amides is 2. The molecule has 0 aliphatic carbocycles. The van der Waals surface area contributed by atoms with Crippen LogP contribution in [0.5, 0.6) is 0 Å². The Morgan fingerprint density at radius 2 is 2.30 bits per heavy atom. The summed E-state index contributed by atoms with van der Waals surface area (Å²) in [5, 5.41) is 12.1. The van der Waals surface area contributed by atoms with E-state index in [0.717, 1.165) is 25.1 Å². The van der Waals surface area contributed by atoms with Gasteiger partial charge in [-0.2, -0.15) is 0 Å². The fourth-order valence-electron chi connectivity index (χ4n) is 2.10. The van der Waals surface area contributed by atoms with Crippen molar-refractivity contribution in [2.24, 2.45) is 0 Å². The van der Waals surface area contributed by atoms with Crippen molar-refractivity contribution < 1.29 is 19.1 Å². The summed E-state index contributed by atoms with van der Waals surface area (Å²) in [5.74, 6) is -1.43. The summed E-state index contributed by atoms with van der Waals surface area (Å²) in [6.07, 6.45) is 3.23. The summed E-state index contributed by atoms with van der Waals surface area (Å²) < 4.78 is 12.9. The van der Waals surface area contributed by atoms with E-state index in [1.807, 2.05) is 0 Å². The van der Waals surface area contributed by atoms with Crippen LogP contribution in [0.15, 0.2) is 18.5 Å². The first-order chi connectivity index (χ1) is 9.56. The molecule has 1 fully saturated rings. The van der Waals surface area contributed by atoms with Gasteiger partial charge < -0.3 is 15.3 Å². The molecule has 1 aliphatic heterocycles. The van der Waals surface area contributed by atoms with E-state index in [1.165, 1.54) is 11.1 Å². The molecule has 1 aromatic heterocycles. The summed E-state index contributed by atoms with van der Waals surface area (Å²) in [7, 11) is 0. The molecule has 2 N–H and O–H groups in total. The summed E-state index contributed by atoms with van der Waals surface area (Å²) in [5.41, 5.74) is 0.234. The number of likely N-dealkylation sites (tertiary alicyclic amines) is 1. The van der Waals surface area contributed by atoms with Crippen LogP contribution in [0.4, 0.5) is 10.1 Å². The smallest absolute Gasteiger partial charge is 0.251 e. The number of anilines is 1. The number of nitrogens with zero attached hydrogens (tertiary/aromatic N) is 2. The third kappa shape index (κ3) is 3.74. The zero-order valence-electron chi connectivity index (χ0n) is 10.9. The highest BCUT2D eigenvalue weighted by atomic mass is 19.1. The van der Waals surface area contributed by atoms with Crippen LogP contribution in [-0.2, 0) is 9.59 Å². The van der Waals surface area contributed by atoms with Crippen LogP contribution in [0.1, 0.15) is 19.3 Å². The van der Waals surface area contributed by atoms with Gasteiger partial charge in [-0.25, -0.2) is 4.39 Å². The minimum atomic E-state index is -1.04. The monoisotopic (exact) mass is 281 g/mol. The lowest BCUT2D eigenvalue weighted by Crippen LogP contribution is -2.42. The SMILES string of the molecule is O=C(CN1CCCCC(O)C1=O)Nc1cncc(F)c1. The molecular weight excluding hydrogens is 265 g/mol. The van der Waals surface area contributed by atoms with Gasteiger partial charge in [-0.3, -0.25) is 14.6 Å². The Bertz CT molecular complexity index is 509. The van der Waals surface area contributed by atoms with Crippen LogP contribution >= 0.6 is 0 Å².